The van der Waals surface area contributed by atoms with Gasteiger partial charge in [-0.1, -0.05) is 0 Å². The van der Waals surface area contributed by atoms with E-state index in [-0.39, 0.29) is 12.0 Å². The molecule has 0 aromatic carbocycles. The lowest BCUT2D eigenvalue weighted by Crippen LogP contribution is -2.31. The fourth-order valence-corrected chi connectivity index (χ4v) is 1.51. The number of rotatable bonds is 6. The van der Waals surface area contributed by atoms with Crippen molar-refractivity contribution in [1.82, 2.24) is 9.88 Å². The van der Waals surface area contributed by atoms with Gasteiger partial charge in [0.25, 0.3) is 5.91 Å². The van der Waals surface area contributed by atoms with E-state index in [0.29, 0.717) is 24.5 Å². The van der Waals surface area contributed by atoms with Crippen molar-refractivity contribution in [3.05, 3.63) is 23.9 Å². The van der Waals surface area contributed by atoms with Crippen molar-refractivity contribution in [3.8, 4) is 0 Å². The predicted molar refractivity (Wildman–Crippen MR) is 71.8 cm³/mol. The molecule has 1 N–H and O–H groups in total. The Morgan fingerprint density at radius 3 is 2.89 bits per heavy atom. The van der Waals surface area contributed by atoms with Gasteiger partial charge in [-0.2, -0.15) is 0 Å². The molecule has 0 bridgehead atoms. The highest BCUT2D eigenvalue weighted by Gasteiger charge is 2.15. The van der Waals surface area contributed by atoms with Crippen LogP contribution in [0.25, 0.3) is 0 Å². The molecular weight excluding hydrogens is 230 g/mol. The largest absolute Gasteiger partial charge is 0.377 e. The number of aromatic nitrogens is 1. The van der Waals surface area contributed by atoms with Gasteiger partial charge in [0.15, 0.2) is 0 Å². The van der Waals surface area contributed by atoms with E-state index in [2.05, 4.69) is 10.3 Å². The number of nitrogens with zero attached hydrogens (tertiary/aromatic N) is 2. The molecule has 1 heterocycles. The van der Waals surface area contributed by atoms with E-state index in [0.717, 1.165) is 0 Å². The van der Waals surface area contributed by atoms with Gasteiger partial charge < -0.3 is 15.0 Å². The van der Waals surface area contributed by atoms with Gasteiger partial charge in [0.1, 0.15) is 5.82 Å². The third-order valence-electron chi connectivity index (χ3n) is 2.50. The van der Waals surface area contributed by atoms with E-state index < -0.39 is 0 Å². The third kappa shape index (κ3) is 4.00. The standard InChI is InChI=1S/C13H21N3O2/c1-10(2)18-9-8-16(4)13(17)11-6-5-7-15-12(11)14-3/h5-7,10H,8-9H2,1-4H3,(H,14,15). The zero-order valence-corrected chi connectivity index (χ0v) is 11.4. The van der Waals surface area contributed by atoms with E-state index in [1.54, 1.807) is 37.3 Å². The molecule has 1 aromatic heterocycles. The van der Waals surface area contributed by atoms with Crippen molar-refractivity contribution in [3.63, 3.8) is 0 Å². The van der Waals surface area contributed by atoms with Crippen LogP contribution >= 0.6 is 0 Å². The molecule has 0 unspecified atom stereocenters. The van der Waals surface area contributed by atoms with Gasteiger partial charge in [-0.05, 0) is 26.0 Å². The molecule has 0 radical (unpaired) electrons. The molecule has 0 atom stereocenters. The average Bonchev–Trinajstić information content (AvgIpc) is 2.37. The first-order valence-corrected chi connectivity index (χ1v) is 6.06. The van der Waals surface area contributed by atoms with Crippen LogP contribution in [0.4, 0.5) is 5.82 Å². The molecule has 1 rings (SSSR count). The zero-order chi connectivity index (χ0) is 13.5. The SMILES string of the molecule is CNc1ncccc1C(=O)N(C)CCOC(C)C. The first-order valence-electron chi connectivity index (χ1n) is 6.06. The van der Waals surface area contributed by atoms with Crippen LogP contribution < -0.4 is 5.32 Å². The summed E-state index contributed by atoms with van der Waals surface area (Å²) in [4.78, 5) is 17.9. The van der Waals surface area contributed by atoms with Crippen LogP contribution in [-0.4, -0.2) is 49.1 Å². The minimum atomic E-state index is -0.0557. The summed E-state index contributed by atoms with van der Waals surface area (Å²) in [5, 5.41) is 2.92. The van der Waals surface area contributed by atoms with Crippen molar-refractivity contribution in [2.45, 2.75) is 20.0 Å². The second kappa shape index (κ2) is 6.96. The summed E-state index contributed by atoms with van der Waals surface area (Å²) in [5.74, 6) is 0.541. The second-order valence-corrected chi connectivity index (χ2v) is 4.30. The molecule has 1 amide bonds. The Hall–Kier alpha value is -1.62. The van der Waals surface area contributed by atoms with Crippen LogP contribution in [0.2, 0.25) is 0 Å². The molecular formula is C13H21N3O2. The molecule has 0 saturated heterocycles. The maximum Gasteiger partial charge on any atom is 0.257 e. The number of likely N-dealkylation sites (N-methyl/N-ethyl adjacent to an activating group) is 1. The van der Waals surface area contributed by atoms with Crippen molar-refractivity contribution in [2.24, 2.45) is 0 Å². The number of nitrogens with one attached hydrogen (secondary N) is 1. The maximum atomic E-state index is 12.2. The Bertz CT molecular complexity index is 394. The van der Waals surface area contributed by atoms with Gasteiger partial charge in [-0.25, -0.2) is 4.98 Å². The van der Waals surface area contributed by atoms with Crippen LogP contribution in [0.5, 0.6) is 0 Å². The van der Waals surface area contributed by atoms with Crippen LogP contribution in [0.15, 0.2) is 18.3 Å². The number of amides is 1. The topological polar surface area (TPSA) is 54.5 Å². The van der Waals surface area contributed by atoms with Crippen LogP contribution in [-0.2, 0) is 4.74 Å². The van der Waals surface area contributed by atoms with Crippen molar-refractivity contribution in [1.29, 1.82) is 0 Å². The Labute approximate surface area is 108 Å². The van der Waals surface area contributed by atoms with E-state index in [9.17, 15) is 4.79 Å². The molecule has 100 valence electrons. The van der Waals surface area contributed by atoms with Gasteiger partial charge in [0.2, 0.25) is 0 Å². The minimum absolute atomic E-state index is 0.0557. The normalized spacial score (nSPS) is 10.5. The van der Waals surface area contributed by atoms with Gasteiger partial charge in [0, 0.05) is 26.8 Å². The fourth-order valence-electron chi connectivity index (χ4n) is 1.51. The first-order chi connectivity index (χ1) is 8.56. The molecule has 5 heteroatoms. The highest BCUT2D eigenvalue weighted by Crippen LogP contribution is 2.12. The van der Waals surface area contributed by atoms with Crippen LogP contribution in [0.3, 0.4) is 0 Å². The third-order valence-corrected chi connectivity index (χ3v) is 2.50. The molecule has 0 fully saturated rings. The quantitative estimate of drug-likeness (QED) is 0.834. The Balaban J connectivity index is 2.62. The van der Waals surface area contributed by atoms with Gasteiger partial charge >= 0.3 is 0 Å². The van der Waals surface area contributed by atoms with E-state index in [1.807, 2.05) is 13.8 Å². The van der Waals surface area contributed by atoms with Gasteiger partial charge in [-0.15, -0.1) is 0 Å². The monoisotopic (exact) mass is 251 g/mol. The zero-order valence-electron chi connectivity index (χ0n) is 11.4. The lowest BCUT2D eigenvalue weighted by atomic mass is 10.2. The van der Waals surface area contributed by atoms with E-state index >= 15 is 0 Å². The number of hydrogen-bond donors (Lipinski definition) is 1. The molecule has 5 nitrogen and oxygen atoms in total. The van der Waals surface area contributed by atoms with Crippen LogP contribution in [0.1, 0.15) is 24.2 Å². The Morgan fingerprint density at radius 2 is 2.28 bits per heavy atom. The van der Waals surface area contributed by atoms with Crippen molar-refractivity contribution < 1.29 is 9.53 Å². The Morgan fingerprint density at radius 1 is 1.56 bits per heavy atom. The number of carbonyl (C=O) groups is 1. The number of ether oxygens (including phenoxy) is 1. The van der Waals surface area contributed by atoms with Crippen LogP contribution in [0, 0.1) is 0 Å². The number of anilines is 1. The average molecular weight is 251 g/mol. The summed E-state index contributed by atoms with van der Waals surface area (Å²) in [5.41, 5.74) is 0.576. The summed E-state index contributed by atoms with van der Waals surface area (Å²) in [6.07, 6.45) is 1.84. The van der Waals surface area contributed by atoms with Gasteiger partial charge in [-0.3, -0.25) is 4.79 Å². The number of hydrogen-bond acceptors (Lipinski definition) is 4. The second-order valence-electron chi connectivity index (χ2n) is 4.30. The minimum Gasteiger partial charge on any atom is -0.377 e. The lowest BCUT2D eigenvalue weighted by molar-refractivity contribution is 0.0532. The first kappa shape index (κ1) is 14.4. The molecule has 18 heavy (non-hydrogen) atoms. The fraction of sp³-hybridized carbons (Fsp3) is 0.538. The molecule has 0 saturated carbocycles. The van der Waals surface area contributed by atoms with Crippen molar-refractivity contribution in [2.75, 3.05) is 32.6 Å². The summed E-state index contributed by atoms with van der Waals surface area (Å²) >= 11 is 0. The predicted octanol–water partition coefficient (Wildman–Crippen LogP) is 1.62. The molecule has 0 aliphatic carbocycles. The highest BCUT2D eigenvalue weighted by atomic mass is 16.5. The molecule has 0 aliphatic heterocycles. The number of pyridine rings is 1. The summed E-state index contributed by atoms with van der Waals surface area (Å²) in [7, 11) is 3.51. The van der Waals surface area contributed by atoms with E-state index in [1.165, 1.54) is 0 Å². The highest BCUT2D eigenvalue weighted by molar-refractivity contribution is 5.98. The lowest BCUT2D eigenvalue weighted by Gasteiger charge is -2.19. The smallest absolute Gasteiger partial charge is 0.257 e. The van der Waals surface area contributed by atoms with E-state index in [4.69, 9.17) is 4.74 Å². The Kier molecular flexibility index (Phi) is 5.58. The number of carbonyl (C=O) groups excluding carboxylic acids is 1. The summed E-state index contributed by atoms with van der Waals surface area (Å²) < 4.78 is 5.43. The summed E-state index contributed by atoms with van der Waals surface area (Å²) in [6.45, 7) is 5.05. The van der Waals surface area contributed by atoms with Crippen molar-refractivity contribution >= 4 is 11.7 Å². The molecule has 1 aromatic rings. The van der Waals surface area contributed by atoms with Gasteiger partial charge in [0.05, 0.1) is 18.3 Å². The molecule has 0 spiro atoms. The summed E-state index contributed by atoms with van der Waals surface area (Å²) in [6, 6.07) is 3.52. The maximum absolute atomic E-state index is 12.2. The molecule has 0 aliphatic rings.